The van der Waals surface area contributed by atoms with E-state index in [1.54, 1.807) is 0 Å². The zero-order chi connectivity index (χ0) is 12.4. The van der Waals surface area contributed by atoms with Crippen LogP contribution in [-0.4, -0.2) is 43.1 Å². The van der Waals surface area contributed by atoms with Crippen LogP contribution < -0.4 is 5.43 Å². The van der Waals surface area contributed by atoms with Crippen molar-refractivity contribution in [3.63, 3.8) is 0 Å². The molecule has 0 atom stereocenters. The second kappa shape index (κ2) is 4.96. The topological polar surface area (TPSA) is 18.5 Å². The summed E-state index contributed by atoms with van der Waals surface area (Å²) in [4.78, 5) is 2.36. The molecule has 0 unspecified atom stereocenters. The van der Waals surface area contributed by atoms with Crippen molar-refractivity contribution in [1.29, 1.82) is 0 Å². The smallest absolute Gasteiger partial charge is 0.0496 e. The molecule has 1 heterocycles. The van der Waals surface area contributed by atoms with Gasteiger partial charge in [-0.15, -0.1) is 0 Å². The summed E-state index contributed by atoms with van der Waals surface area (Å²) < 4.78 is 0. The lowest BCUT2D eigenvalue weighted by atomic mass is 10.1. The minimum Gasteiger partial charge on any atom is -0.319 e. The van der Waals surface area contributed by atoms with Crippen molar-refractivity contribution in [3.8, 4) is 0 Å². The second-order valence-electron chi connectivity index (χ2n) is 4.96. The van der Waals surface area contributed by atoms with Gasteiger partial charge in [-0.2, -0.15) is 0 Å². The lowest BCUT2D eigenvalue weighted by Crippen LogP contribution is -2.46. The Kier molecular flexibility index (Phi) is 3.17. The normalized spacial score (nSPS) is 18.1. The molecule has 2 aromatic rings. The van der Waals surface area contributed by atoms with Gasteiger partial charge in [0.15, 0.2) is 0 Å². The second-order valence-corrected chi connectivity index (χ2v) is 4.96. The molecule has 18 heavy (non-hydrogen) atoms. The van der Waals surface area contributed by atoms with Crippen LogP contribution in [0.3, 0.4) is 0 Å². The molecule has 0 bridgehead atoms. The molecule has 2 aromatic carbocycles. The van der Waals surface area contributed by atoms with E-state index >= 15 is 0 Å². The van der Waals surface area contributed by atoms with E-state index in [-0.39, 0.29) is 0 Å². The Morgan fingerprint density at radius 2 is 1.61 bits per heavy atom. The molecule has 3 heteroatoms. The summed E-state index contributed by atoms with van der Waals surface area (Å²) in [7, 11) is 2.17. The van der Waals surface area contributed by atoms with E-state index in [0.29, 0.717) is 0 Å². The monoisotopic (exact) mass is 241 g/mol. The predicted octanol–water partition coefficient (Wildman–Crippen LogP) is 2.41. The SMILES string of the molecule is CN1CCN(Nc2ccc3ccccc3c2)CC1. The van der Waals surface area contributed by atoms with E-state index in [1.165, 1.54) is 16.5 Å². The van der Waals surface area contributed by atoms with E-state index in [1.807, 2.05) is 0 Å². The Morgan fingerprint density at radius 3 is 2.39 bits per heavy atom. The van der Waals surface area contributed by atoms with E-state index in [4.69, 9.17) is 0 Å². The number of hydrogen-bond acceptors (Lipinski definition) is 3. The number of likely N-dealkylation sites (N-methyl/N-ethyl adjacent to an activating group) is 1. The van der Waals surface area contributed by atoms with Crippen LogP contribution in [0.1, 0.15) is 0 Å². The van der Waals surface area contributed by atoms with Crippen LogP contribution in [0.4, 0.5) is 5.69 Å². The Hall–Kier alpha value is -1.58. The van der Waals surface area contributed by atoms with Crippen LogP contribution >= 0.6 is 0 Å². The van der Waals surface area contributed by atoms with Crippen molar-refractivity contribution in [2.24, 2.45) is 0 Å². The van der Waals surface area contributed by atoms with Crippen LogP contribution in [0, 0.1) is 0 Å². The van der Waals surface area contributed by atoms with E-state index in [9.17, 15) is 0 Å². The summed E-state index contributed by atoms with van der Waals surface area (Å²) in [6.45, 7) is 4.40. The molecule has 1 aliphatic rings. The summed E-state index contributed by atoms with van der Waals surface area (Å²) in [6.07, 6.45) is 0. The van der Waals surface area contributed by atoms with Crippen molar-refractivity contribution in [2.45, 2.75) is 0 Å². The van der Waals surface area contributed by atoms with Crippen molar-refractivity contribution in [2.75, 3.05) is 38.7 Å². The van der Waals surface area contributed by atoms with Gasteiger partial charge in [-0.25, -0.2) is 5.01 Å². The third-order valence-electron chi connectivity index (χ3n) is 3.54. The minimum atomic E-state index is 1.07. The highest BCUT2D eigenvalue weighted by atomic mass is 15.5. The van der Waals surface area contributed by atoms with Gasteiger partial charge < -0.3 is 10.3 Å². The van der Waals surface area contributed by atoms with Gasteiger partial charge in [0.05, 0.1) is 0 Å². The van der Waals surface area contributed by atoms with Gasteiger partial charge in [-0.1, -0.05) is 30.3 Å². The molecule has 1 N–H and O–H groups in total. The van der Waals surface area contributed by atoms with Crippen LogP contribution in [0.5, 0.6) is 0 Å². The standard InChI is InChI=1S/C15H19N3/c1-17-8-10-18(11-9-17)16-15-7-6-13-4-2-3-5-14(13)12-15/h2-7,12,16H,8-11H2,1H3. The predicted molar refractivity (Wildman–Crippen MR) is 76.6 cm³/mol. The summed E-state index contributed by atoms with van der Waals surface area (Å²) in [5.74, 6) is 0. The maximum absolute atomic E-state index is 3.50. The fourth-order valence-electron chi connectivity index (χ4n) is 2.36. The Labute approximate surface area is 108 Å². The number of rotatable bonds is 2. The highest BCUT2D eigenvalue weighted by molar-refractivity contribution is 5.85. The van der Waals surface area contributed by atoms with Crippen molar-refractivity contribution in [3.05, 3.63) is 42.5 Å². The maximum atomic E-state index is 3.50. The minimum absolute atomic E-state index is 1.07. The van der Waals surface area contributed by atoms with E-state index < -0.39 is 0 Å². The number of hydrogen-bond donors (Lipinski definition) is 1. The first kappa shape index (κ1) is 11.5. The lowest BCUT2D eigenvalue weighted by molar-refractivity contribution is 0.179. The zero-order valence-corrected chi connectivity index (χ0v) is 10.8. The lowest BCUT2D eigenvalue weighted by Gasteiger charge is -2.33. The van der Waals surface area contributed by atoms with E-state index in [0.717, 1.165) is 26.2 Å². The average molecular weight is 241 g/mol. The van der Waals surface area contributed by atoms with Gasteiger partial charge in [-0.05, 0) is 30.0 Å². The van der Waals surface area contributed by atoms with Gasteiger partial charge in [0, 0.05) is 31.9 Å². The number of benzene rings is 2. The molecule has 0 aliphatic carbocycles. The quantitative estimate of drug-likeness (QED) is 0.871. The molecule has 0 saturated carbocycles. The molecule has 3 rings (SSSR count). The Bertz CT molecular complexity index is 530. The van der Waals surface area contributed by atoms with E-state index in [2.05, 4.69) is 64.8 Å². The van der Waals surface area contributed by atoms with Gasteiger partial charge in [-0.3, -0.25) is 0 Å². The first-order chi connectivity index (χ1) is 8.81. The number of fused-ring (bicyclic) bond motifs is 1. The molecular formula is C15H19N3. The maximum Gasteiger partial charge on any atom is 0.0496 e. The molecule has 0 spiro atoms. The molecule has 94 valence electrons. The Morgan fingerprint density at radius 1 is 0.889 bits per heavy atom. The van der Waals surface area contributed by atoms with Crippen LogP contribution in [0.2, 0.25) is 0 Å². The molecular weight excluding hydrogens is 222 g/mol. The fraction of sp³-hybridized carbons (Fsp3) is 0.333. The Balaban J connectivity index is 1.74. The number of piperazine rings is 1. The highest BCUT2D eigenvalue weighted by Gasteiger charge is 2.13. The first-order valence-electron chi connectivity index (χ1n) is 6.50. The first-order valence-corrected chi connectivity index (χ1v) is 6.50. The van der Waals surface area contributed by atoms with Crippen LogP contribution in [0.15, 0.2) is 42.5 Å². The van der Waals surface area contributed by atoms with Gasteiger partial charge in [0.1, 0.15) is 0 Å². The zero-order valence-electron chi connectivity index (χ0n) is 10.8. The third kappa shape index (κ3) is 2.47. The number of nitrogens with zero attached hydrogens (tertiary/aromatic N) is 2. The van der Waals surface area contributed by atoms with Crippen LogP contribution in [0.25, 0.3) is 10.8 Å². The molecule has 1 aliphatic heterocycles. The number of nitrogens with one attached hydrogen (secondary N) is 1. The van der Waals surface area contributed by atoms with Gasteiger partial charge in [0.2, 0.25) is 0 Å². The molecule has 0 aromatic heterocycles. The number of anilines is 1. The third-order valence-corrected chi connectivity index (χ3v) is 3.54. The molecule has 0 radical (unpaired) electrons. The van der Waals surface area contributed by atoms with Gasteiger partial charge in [0.25, 0.3) is 0 Å². The van der Waals surface area contributed by atoms with Crippen molar-refractivity contribution >= 4 is 16.5 Å². The molecule has 1 fully saturated rings. The largest absolute Gasteiger partial charge is 0.319 e. The molecule has 1 saturated heterocycles. The molecule has 3 nitrogen and oxygen atoms in total. The van der Waals surface area contributed by atoms with Gasteiger partial charge >= 0.3 is 0 Å². The van der Waals surface area contributed by atoms with Crippen LogP contribution in [-0.2, 0) is 0 Å². The highest BCUT2D eigenvalue weighted by Crippen LogP contribution is 2.19. The van der Waals surface area contributed by atoms with Crippen molar-refractivity contribution in [1.82, 2.24) is 9.91 Å². The van der Waals surface area contributed by atoms with Crippen molar-refractivity contribution < 1.29 is 0 Å². The summed E-state index contributed by atoms with van der Waals surface area (Å²) >= 11 is 0. The molecule has 0 amide bonds. The summed E-state index contributed by atoms with van der Waals surface area (Å²) in [6, 6.07) is 15.0. The average Bonchev–Trinajstić information content (AvgIpc) is 2.41. The summed E-state index contributed by atoms with van der Waals surface area (Å²) in [5, 5.41) is 4.88. The summed E-state index contributed by atoms with van der Waals surface area (Å²) in [5.41, 5.74) is 4.68. The fourth-order valence-corrected chi connectivity index (χ4v) is 2.36. The number of hydrazine groups is 1.